The van der Waals surface area contributed by atoms with Crippen LogP contribution < -0.4 is 10.6 Å². The van der Waals surface area contributed by atoms with Gasteiger partial charge < -0.3 is 15.1 Å². The Hall–Kier alpha value is -2.15. The van der Waals surface area contributed by atoms with Crippen LogP contribution in [-0.4, -0.2) is 15.1 Å². The lowest BCUT2D eigenvalue weighted by Gasteiger charge is -2.09. The van der Waals surface area contributed by atoms with Gasteiger partial charge in [-0.2, -0.15) is 0 Å². The van der Waals surface area contributed by atoms with E-state index >= 15 is 0 Å². The van der Waals surface area contributed by atoms with Gasteiger partial charge in [-0.05, 0) is 24.4 Å². The van der Waals surface area contributed by atoms with E-state index in [0.717, 1.165) is 17.1 Å². The predicted molar refractivity (Wildman–Crippen MR) is 99.3 cm³/mol. The maximum atomic E-state index is 5.94. The molecule has 0 aliphatic carbocycles. The van der Waals surface area contributed by atoms with Crippen LogP contribution in [0.2, 0.25) is 10.3 Å². The summed E-state index contributed by atoms with van der Waals surface area (Å²) < 4.78 is 5.79. The average Bonchev–Trinajstić information content (AvgIpc) is 3.05. The molecule has 2 aromatic heterocycles. The molecule has 2 heterocycles. The molecule has 1 aromatic carbocycles. The molecule has 0 bridgehead atoms. The Morgan fingerprint density at radius 3 is 2.67 bits per heavy atom. The van der Waals surface area contributed by atoms with E-state index in [1.165, 1.54) is 6.20 Å². The highest BCUT2D eigenvalue weighted by molar-refractivity contribution is 7.80. The number of nitrogens with one attached hydrogen (secondary N) is 2. The van der Waals surface area contributed by atoms with Crippen molar-refractivity contribution in [2.75, 3.05) is 5.32 Å². The largest absolute Gasteiger partial charge is 0.459 e. The van der Waals surface area contributed by atoms with Crippen molar-refractivity contribution in [3.05, 3.63) is 64.7 Å². The molecule has 0 unspecified atom stereocenters. The first-order chi connectivity index (χ1) is 11.6. The second-order valence-corrected chi connectivity index (χ2v) is 5.93. The third-order valence-electron chi connectivity index (χ3n) is 3.08. The van der Waals surface area contributed by atoms with Gasteiger partial charge in [0, 0.05) is 5.56 Å². The third-order valence-corrected chi connectivity index (χ3v) is 3.77. The normalized spacial score (nSPS) is 10.4. The molecule has 2 N–H and O–H groups in total. The van der Waals surface area contributed by atoms with E-state index in [2.05, 4.69) is 20.6 Å². The SMILES string of the molecule is S=C(NCc1ccc(-c2ccccc2)o1)Nc1ncc(Cl)nc1Cl. The Bertz CT molecular complexity index is 854. The van der Waals surface area contributed by atoms with Gasteiger partial charge >= 0.3 is 0 Å². The molecule has 0 fully saturated rings. The lowest BCUT2D eigenvalue weighted by Crippen LogP contribution is -2.28. The molecule has 0 spiro atoms. The molecule has 0 aliphatic heterocycles. The van der Waals surface area contributed by atoms with Crippen LogP contribution in [0.25, 0.3) is 11.3 Å². The minimum atomic E-state index is 0.149. The van der Waals surface area contributed by atoms with Crippen LogP contribution in [0.4, 0.5) is 5.82 Å². The summed E-state index contributed by atoms with van der Waals surface area (Å²) in [5, 5.41) is 6.60. The van der Waals surface area contributed by atoms with Crippen molar-refractivity contribution >= 4 is 46.4 Å². The van der Waals surface area contributed by atoms with Gasteiger partial charge in [0.2, 0.25) is 0 Å². The Kier molecular flexibility index (Phi) is 5.30. The van der Waals surface area contributed by atoms with E-state index in [0.29, 0.717) is 17.5 Å². The summed E-state index contributed by atoms with van der Waals surface area (Å²) in [5.41, 5.74) is 1.02. The summed E-state index contributed by atoms with van der Waals surface area (Å²) in [6.07, 6.45) is 1.39. The van der Waals surface area contributed by atoms with E-state index in [-0.39, 0.29) is 10.3 Å². The van der Waals surface area contributed by atoms with Crippen molar-refractivity contribution in [1.29, 1.82) is 0 Å². The molecule has 122 valence electrons. The molecule has 5 nitrogen and oxygen atoms in total. The number of aromatic nitrogens is 2. The zero-order chi connectivity index (χ0) is 16.9. The molecule has 0 saturated heterocycles. The Morgan fingerprint density at radius 1 is 1.12 bits per heavy atom. The summed E-state index contributed by atoms with van der Waals surface area (Å²) in [6, 6.07) is 13.7. The van der Waals surface area contributed by atoms with Crippen LogP contribution in [0.5, 0.6) is 0 Å². The summed E-state index contributed by atoms with van der Waals surface area (Å²) in [6.45, 7) is 0.428. The molecule has 0 atom stereocenters. The number of halogens is 2. The van der Waals surface area contributed by atoms with Crippen molar-refractivity contribution in [2.45, 2.75) is 6.54 Å². The first-order valence-electron chi connectivity index (χ1n) is 6.99. The molecule has 0 aliphatic rings. The maximum Gasteiger partial charge on any atom is 0.173 e. The molecule has 0 saturated carbocycles. The highest BCUT2D eigenvalue weighted by atomic mass is 35.5. The zero-order valence-electron chi connectivity index (χ0n) is 12.3. The van der Waals surface area contributed by atoms with Crippen molar-refractivity contribution < 1.29 is 4.42 Å². The lowest BCUT2D eigenvalue weighted by molar-refractivity contribution is 0.516. The maximum absolute atomic E-state index is 5.94. The van der Waals surface area contributed by atoms with Crippen LogP contribution in [-0.2, 0) is 6.54 Å². The van der Waals surface area contributed by atoms with Crippen LogP contribution in [0.15, 0.2) is 53.1 Å². The van der Waals surface area contributed by atoms with Gasteiger partial charge in [0.15, 0.2) is 16.1 Å². The zero-order valence-corrected chi connectivity index (χ0v) is 14.6. The first-order valence-corrected chi connectivity index (χ1v) is 8.15. The van der Waals surface area contributed by atoms with Crippen molar-refractivity contribution in [3.8, 4) is 11.3 Å². The number of rotatable bonds is 4. The molecular weight excluding hydrogens is 367 g/mol. The van der Waals surface area contributed by atoms with Crippen LogP contribution >= 0.6 is 35.4 Å². The fraction of sp³-hybridized carbons (Fsp3) is 0.0625. The van der Waals surface area contributed by atoms with Gasteiger partial charge in [-0.25, -0.2) is 9.97 Å². The summed E-state index contributed by atoms with van der Waals surface area (Å²) in [5.74, 6) is 1.90. The lowest BCUT2D eigenvalue weighted by atomic mass is 10.2. The number of benzene rings is 1. The molecule has 8 heteroatoms. The monoisotopic (exact) mass is 378 g/mol. The summed E-state index contributed by atoms with van der Waals surface area (Å²) >= 11 is 16.8. The smallest absolute Gasteiger partial charge is 0.173 e. The molecule has 3 rings (SSSR count). The summed E-state index contributed by atoms with van der Waals surface area (Å²) in [7, 11) is 0. The number of hydrogen-bond donors (Lipinski definition) is 2. The van der Waals surface area contributed by atoms with Crippen LogP contribution in [0, 0.1) is 0 Å². The van der Waals surface area contributed by atoms with Crippen LogP contribution in [0.1, 0.15) is 5.76 Å². The number of nitrogens with zero attached hydrogens (tertiary/aromatic N) is 2. The van der Waals surface area contributed by atoms with Gasteiger partial charge in [0.1, 0.15) is 16.7 Å². The predicted octanol–water partition coefficient (Wildman–Crippen LogP) is 4.53. The number of anilines is 1. The Morgan fingerprint density at radius 2 is 1.92 bits per heavy atom. The fourth-order valence-corrected chi connectivity index (χ4v) is 2.51. The first kappa shape index (κ1) is 16.7. The van der Waals surface area contributed by atoms with Crippen molar-refractivity contribution in [1.82, 2.24) is 15.3 Å². The van der Waals surface area contributed by atoms with Gasteiger partial charge in [0.25, 0.3) is 0 Å². The molecular formula is C16H12Cl2N4OS. The Labute approximate surface area is 154 Å². The number of thiocarbonyl (C=S) groups is 1. The summed E-state index contributed by atoms with van der Waals surface area (Å²) in [4.78, 5) is 7.91. The molecule has 0 radical (unpaired) electrons. The second-order valence-electron chi connectivity index (χ2n) is 4.77. The fourth-order valence-electron chi connectivity index (χ4n) is 1.98. The van der Waals surface area contributed by atoms with E-state index in [4.69, 9.17) is 39.8 Å². The average molecular weight is 379 g/mol. The topological polar surface area (TPSA) is 63.0 Å². The second kappa shape index (κ2) is 7.61. The van der Waals surface area contributed by atoms with Gasteiger partial charge in [-0.1, -0.05) is 53.5 Å². The number of hydrogen-bond acceptors (Lipinski definition) is 4. The van der Waals surface area contributed by atoms with Crippen LogP contribution in [0.3, 0.4) is 0 Å². The number of furan rings is 1. The third kappa shape index (κ3) is 4.23. The van der Waals surface area contributed by atoms with Crippen molar-refractivity contribution in [2.24, 2.45) is 0 Å². The van der Waals surface area contributed by atoms with Gasteiger partial charge in [0.05, 0.1) is 12.7 Å². The molecule has 3 aromatic rings. The van der Waals surface area contributed by atoms with Crippen molar-refractivity contribution in [3.63, 3.8) is 0 Å². The minimum absolute atomic E-state index is 0.149. The molecule has 0 amide bonds. The Balaban J connectivity index is 1.58. The highest BCUT2D eigenvalue weighted by Crippen LogP contribution is 2.22. The molecule has 24 heavy (non-hydrogen) atoms. The van der Waals surface area contributed by atoms with Gasteiger partial charge in [-0.15, -0.1) is 0 Å². The highest BCUT2D eigenvalue weighted by Gasteiger charge is 2.08. The minimum Gasteiger partial charge on any atom is -0.459 e. The van der Waals surface area contributed by atoms with E-state index in [1.54, 1.807) is 0 Å². The van der Waals surface area contributed by atoms with Gasteiger partial charge in [-0.3, -0.25) is 0 Å². The van der Waals surface area contributed by atoms with E-state index in [9.17, 15) is 0 Å². The van der Waals surface area contributed by atoms with E-state index in [1.807, 2.05) is 42.5 Å². The quantitative estimate of drug-likeness (QED) is 0.650. The van der Waals surface area contributed by atoms with E-state index < -0.39 is 0 Å². The standard InChI is InChI=1S/C16H12Cl2N4OS/c17-13-9-19-15(14(18)21-13)22-16(24)20-8-11-6-7-12(23-11)10-4-2-1-3-5-10/h1-7,9H,8H2,(H2,19,20,22,24).